The van der Waals surface area contributed by atoms with Gasteiger partial charge in [-0.15, -0.1) is 0 Å². The lowest BCUT2D eigenvalue weighted by Crippen LogP contribution is -2.33. The minimum atomic E-state index is -4.79. The highest BCUT2D eigenvalue weighted by Gasteiger charge is 2.45. The predicted molar refractivity (Wildman–Crippen MR) is 105 cm³/mol. The van der Waals surface area contributed by atoms with E-state index in [4.69, 9.17) is 14.5 Å². The van der Waals surface area contributed by atoms with Crippen LogP contribution in [0.3, 0.4) is 0 Å². The Labute approximate surface area is 179 Å². The fourth-order valence-electron chi connectivity index (χ4n) is 3.32. The molecule has 0 bridgehead atoms. The van der Waals surface area contributed by atoms with E-state index in [2.05, 4.69) is 24.8 Å². The first-order valence-corrected chi connectivity index (χ1v) is 10.8. The molecule has 4 rings (SSSR count). The Morgan fingerprint density at radius 2 is 2.00 bits per heavy atom. The van der Waals surface area contributed by atoms with Gasteiger partial charge in [-0.05, 0) is 6.07 Å². The second-order valence-electron chi connectivity index (χ2n) is 6.98. The molecule has 0 amide bonds. The van der Waals surface area contributed by atoms with Crippen LogP contribution in [-0.2, 0) is 20.4 Å². The summed E-state index contributed by atoms with van der Waals surface area (Å²) in [4.78, 5) is 30.1. The summed E-state index contributed by atoms with van der Waals surface area (Å²) in [5.41, 5.74) is 0.782. The highest BCUT2D eigenvalue weighted by Crippen LogP contribution is 2.39. The molecule has 1 aliphatic heterocycles. The normalized spacial score (nSPS) is 23.7. The number of benzene rings is 1. The zero-order valence-electron chi connectivity index (χ0n) is 16.2. The van der Waals surface area contributed by atoms with Gasteiger partial charge in [0.1, 0.15) is 24.6 Å². The lowest BCUT2D eigenvalue weighted by molar-refractivity contribution is -0.0504. The Balaban J connectivity index is 1.55. The number of fused-ring (bicyclic) bond motifs is 1. The van der Waals surface area contributed by atoms with Crippen LogP contribution >= 0.6 is 7.82 Å². The van der Waals surface area contributed by atoms with Crippen molar-refractivity contribution in [2.75, 3.05) is 11.9 Å². The van der Waals surface area contributed by atoms with E-state index in [1.165, 1.54) is 29.4 Å². The number of aromatic nitrogens is 4. The van der Waals surface area contributed by atoms with E-state index in [0.717, 1.165) is 6.07 Å². The summed E-state index contributed by atoms with van der Waals surface area (Å²) >= 11 is 0. The summed E-state index contributed by atoms with van der Waals surface area (Å²) in [5, 5.41) is 33.3. The zero-order chi connectivity index (χ0) is 23.0. The average molecular weight is 471 g/mol. The summed E-state index contributed by atoms with van der Waals surface area (Å²) in [6.45, 7) is -0.615. The molecule has 1 saturated heterocycles. The molecule has 13 nitrogen and oxygen atoms in total. The monoisotopic (exact) mass is 471 g/mol. The zero-order valence-corrected chi connectivity index (χ0v) is 17.1. The van der Waals surface area contributed by atoms with Crippen LogP contribution in [0.5, 0.6) is 5.75 Å². The number of imidazole rings is 1. The number of hydrogen-bond donors (Lipinski definition) is 6. The van der Waals surface area contributed by atoms with E-state index in [1.807, 2.05) is 0 Å². The quantitative estimate of drug-likeness (QED) is 0.253. The third-order valence-electron chi connectivity index (χ3n) is 4.89. The first kappa shape index (κ1) is 22.5. The molecule has 2 aromatic heterocycles. The van der Waals surface area contributed by atoms with Crippen molar-refractivity contribution in [3.05, 3.63) is 42.2 Å². The molecule has 1 fully saturated rings. The molecule has 15 heteroatoms. The van der Waals surface area contributed by atoms with Crippen LogP contribution in [0.4, 0.5) is 10.2 Å². The molecule has 3 aromatic rings. The van der Waals surface area contributed by atoms with Crippen LogP contribution < -0.4 is 5.32 Å². The Morgan fingerprint density at radius 3 is 2.75 bits per heavy atom. The Hall–Kier alpha value is -2.71. The van der Waals surface area contributed by atoms with Crippen molar-refractivity contribution in [1.29, 1.82) is 0 Å². The van der Waals surface area contributed by atoms with E-state index in [9.17, 15) is 24.3 Å². The third-order valence-corrected chi connectivity index (χ3v) is 5.38. The number of phosphoric ester groups is 1. The van der Waals surface area contributed by atoms with Gasteiger partial charge in [-0.2, -0.15) is 0 Å². The number of anilines is 1. The number of nitrogens with zero attached hydrogens (tertiary/aromatic N) is 4. The van der Waals surface area contributed by atoms with Crippen molar-refractivity contribution in [1.82, 2.24) is 19.5 Å². The molecular formula is C17H19FN5O8P. The highest BCUT2D eigenvalue weighted by molar-refractivity contribution is 7.46. The van der Waals surface area contributed by atoms with E-state index in [1.54, 1.807) is 0 Å². The van der Waals surface area contributed by atoms with Crippen molar-refractivity contribution >= 4 is 24.8 Å². The number of nitrogens with one attached hydrogen (secondary N) is 1. The van der Waals surface area contributed by atoms with E-state index in [0.29, 0.717) is 5.56 Å². The second kappa shape index (κ2) is 8.67. The SMILES string of the molecule is O=P(O)(O)OC[C@H]1O[C@@H](n2cnc3c(NCc4cccc(F)c4O)ncnc32)[C@H](O)[C@@H]1O. The van der Waals surface area contributed by atoms with Gasteiger partial charge < -0.3 is 35.2 Å². The molecular weight excluding hydrogens is 452 g/mol. The van der Waals surface area contributed by atoms with Crippen molar-refractivity contribution in [2.24, 2.45) is 0 Å². The van der Waals surface area contributed by atoms with E-state index < -0.39 is 50.5 Å². The summed E-state index contributed by atoms with van der Waals surface area (Å²) in [6, 6.07) is 4.11. The lowest BCUT2D eigenvalue weighted by Gasteiger charge is -2.16. The molecule has 0 spiro atoms. The molecule has 4 atom stereocenters. The molecule has 0 saturated carbocycles. The highest BCUT2D eigenvalue weighted by atomic mass is 31.2. The maximum absolute atomic E-state index is 13.5. The van der Waals surface area contributed by atoms with Gasteiger partial charge in [0.2, 0.25) is 0 Å². The smallest absolute Gasteiger partial charge is 0.469 e. The Bertz CT molecular complexity index is 1170. The van der Waals surface area contributed by atoms with Crippen molar-refractivity contribution in [3.63, 3.8) is 0 Å². The van der Waals surface area contributed by atoms with E-state index >= 15 is 0 Å². The van der Waals surface area contributed by atoms with Crippen LogP contribution in [0.25, 0.3) is 11.2 Å². The maximum atomic E-state index is 13.5. The standard InChI is InChI=1S/C17H19FN5O8P/c18-9-3-1-2-8(12(9)24)4-19-15-11-16(21-6-20-15)23(7-22-11)17-14(26)13(25)10(31-17)5-30-32(27,28)29/h1-3,6-7,10,13-14,17,24-26H,4-5H2,(H,19,20,21)(H2,27,28,29)/t10-,13-,14-,17-/m1/s1. The van der Waals surface area contributed by atoms with Crippen LogP contribution in [-0.4, -0.2) is 69.5 Å². The molecule has 0 aliphatic carbocycles. The fraction of sp³-hybridized carbons (Fsp3) is 0.353. The first-order chi connectivity index (χ1) is 15.2. The lowest BCUT2D eigenvalue weighted by atomic mass is 10.1. The number of phenolic OH excluding ortho intramolecular Hbond substituents is 1. The maximum Gasteiger partial charge on any atom is 0.469 e. The van der Waals surface area contributed by atoms with Gasteiger partial charge in [-0.1, -0.05) is 12.1 Å². The van der Waals surface area contributed by atoms with Gasteiger partial charge in [0, 0.05) is 12.1 Å². The van der Waals surface area contributed by atoms with Gasteiger partial charge >= 0.3 is 7.82 Å². The van der Waals surface area contributed by atoms with Gasteiger partial charge in [-0.25, -0.2) is 23.9 Å². The number of aromatic hydroxyl groups is 1. The number of aliphatic hydroxyl groups is 2. The van der Waals surface area contributed by atoms with Gasteiger partial charge in [0.05, 0.1) is 12.9 Å². The molecule has 1 aromatic carbocycles. The largest absolute Gasteiger partial charge is 0.505 e. The summed E-state index contributed by atoms with van der Waals surface area (Å²) in [7, 11) is -4.79. The van der Waals surface area contributed by atoms with Gasteiger partial charge in [0.15, 0.2) is 34.8 Å². The number of halogens is 1. The number of phenols is 1. The molecule has 0 radical (unpaired) electrons. The number of phosphoric acid groups is 1. The summed E-state index contributed by atoms with van der Waals surface area (Å²) < 4.78 is 35.6. The van der Waals surface area contributed by atoms with Gasteiger partial charge in [-0.3, -0.25) is 9.09 Å². The third kappa shape index (κ3) is 4.42. The van der Waals surface area contributed by atoms with Crippen LogP contribution in [0.15, 0.2) is 30.9 Å². The molecule has 172 valence electrons. The Kier molecular flexibility index (Phi) is 6.09. The number of aliphatic hydroxyl groups excluding tert-OH is 2. The Morgan fingerprint density at radius 1 is 1.22 bits per heavy atom. The molecule has 32 heavy (non-hydrogen) atoms. The number of hydrogen-bond acceptors (Lipinski definition) is 10. The van der Waals surface area contributed by atoms with Gasteiger partial charge in [0.25, 0.3) is 0 Å². The minimum absolute atomic E-state index is 0.0334. The molecule has 0 unspecified atom stereocenters. The summed E-state index contributed by atoms with van der Waals surface area (Å²) in [5.74, 6) is -0.993. The molecule has 1 aliphatic rings. The van der Waals surface area contributed by atoms with Crippen molar-refractivity contribution in [2.45, 2.75) is 31.1 Å². The number of rotatable bonds is 7. The molecule has 6 N–H and O–H groups in total. The van der Waals surface area contributed by atoms with E-state index in [-0.39, 0.29) is 23.5 Å². The predicted octanol–water partition coefficient (Wildman–Crippen LogP) is 0.0116. The van der Waals surface area contributed by atoms with Crippen LogP contribution in [0.1, 0.15) is 11.8 Å². The topological polar surface area (TPSA) is 192 Å². The minimum Gasteiger partial charge on any atom is -0.505 e. The van der Waals surface area contributed by atoms with Crippen molar-refractivity contribution in [3.8, 4) is 5.75 Å². The number of para-hydroxylation sites is 1. The first-order valence-electron chi connectivity index (χ1n) is 9.25. The second-order valence-corrected chi connectivity index (χ2v) is 8.22. The molecule has 3 heterocycles. The average Bonchev–Trinajstić information content (AvgIpc) is 3.29. The van der Waals surface area contributed by atoms with Crippen LogP contribution in [0, 0.1) is 5.82 Å². The summed E-state index contributed by atoms with van der Waals surface area (Å²) in [6.07, 6.45) is -2.84. The number of ether oxygens (including phenoxy) is 1. The fourth-order valence-corrected chi connectivity index (χ4v) is 3.66. The van der Waals surface area contributed by atoms with Crippen LogP contribution in [0.2, 0.25) is 0 Å². The van der Waals surface area contributed by atoms with Crippen molar-refractivity contribution < 1.29 is 43.3 Å².